The van der Waals surface area contributed by atoms with Gasteiger partial charge in [-0.15, -0.1) is 5.10 Å². The first kappa shape index (κ1) is 11.3. The molecule has 0 saturated heterocycles. The Morgan fingerprint density at radius 3 is 2.75 bits per heavy atom. The molecule has 4 nitrogen and oxygen atoms in total. The van der Waals surface area contributed by atoms with Gasteiger partial charge in [-0.25, -0.2) is 4.79 Å². The van der Waals surface area contributed by atoms with Crippen molar-refractivity contribution in [1.82, 2.24) is 9.59 Å². The van der Waals surface area contributed by atoms with Crippen LogP contribution in [0.15, 0.2) is 18.2 Å². The Morgan fingerprint density at radius 1 is 1.38 bits per heavy atom. The van der Waals surface area contributed by atoms with Crippen LogP contribution in [0.4, 0.5) is 0 Å². The van der Waals surface area contributed by atoms with E-state index < -0.39 is 5.97 Å². The normalized spacial score (nSPS) is 10.4. The molecular weight excluding hydrogens is 271 g/mol. The molecule has 0 atom stereocenters. The molecule has 1 heterocycles. The van der Waals surface area contributed by atoms with E-state index in [4.69, 9.17) is 28.3 Å². The van der Waals surface area contributed by atoms with Gasteiger partial charge in [0.25, 0.3) is 0 Å². The van der Waals surface area contributed by atoms with Crippen LogP contribution in [-0.4, -0.2) is 20.7 Å². The monoisotopic (exact) mass is 274 g/mol. The predicted molar refractivity (Wildman–Crippen MR) is 62.3 cm³/mol. The summed E-state index contributed by atoms with van der Waals surface area (Å²) in [5.41, 5.74) is 0.465. The highest BCUT2D eigenvalue weighted by Gasteiger charge is 2.18. The molecule has 0 unspecified atom stereocenters. The molecule has 0 aliphatic carbocycles. The lowest BCUT2D eigenvalue weighted by molar-refractivity contribution is 0.0691. The van der Waals surface area contributed by atoms with Crippen molar-refractivity contribution in [2.24, 2.45) is 0 Å². The zero-order valence-corrected chi connectivity index (χ0v) is 9.97. The van der Waals surface area contributed by atoms with Crippen LogP contribution < -0.4 is 0 Å². The van der Waals surface area contributed by atoms with Gasteiger partial charge < -0.3 is 5.11 Å². The number of rotatable bonds is 2. The molecule has 0 aliphatic rings. The fraction of sp³-hybridized carbons (Fsp3) is 0. The molecule has 0 amide bonds. The van der Waals surface area contributed by atoms with Crippen LogP contribution in [0.5, 0.6) is 0 Å². The number of carbonyl (C=O) groups is 1. The molecular formula is C9H4Cl2N2O2S. The molecule has 7 heteroatoms. The zero-order chi connectivity index (χ0) is 11.7. The molecule has 2 rings (SSSR count). The Balaban J connectivity index is 2.59. The predicted octanol–water partition coefficient (Wildman–Crippen LogP) is 3.21. The molecule has 1 N–H and O–H groups in total. The lowest BCUT2D eigenvalue weighted by atomic mass is 10.1. The van der Waals surface area contributed by atoms with E-state index in [-0.39, 0.29) is 5.69 Å². The minimum absolute atomic E-state index is 0.103. The number of nitrogens with zero attached hydrogens (tertiary/aromatic N) is 2. The number of hydrogen-bond donors (Lipinski definition) is 1. The fourth-order valence-corrected chi connectivity index (χ4v) is 2.44. The first-order valence-electron chi connectivity index (χ1n) is 4.10. The number of aromatic carboxylic acids is 1. The van der Waals surface area contributed by atoms with Gasteiger partial charge in [-0.1, -0.05) is 33.8 Å². The van der Waals surface area contributed by atoms with Gasteiger partial charge in [0.05, 0.1) is 9.90 Å². The van der Waals surface area contributed by atoms with Crippen LogP contribution in [-0.2, 0) is 0 Å². The highest BCUT2D eigenvalue weighted by atomic mass is 35.5. The molecule has 16 heavy (non-hydrogen) atoms. The highest BCUT2D eigenvalue weighted by molar-refractivity contribution is 7.09. The molecule has 1 aromatic heterocycles. The van der Waals surface area contributed by atoms with E-state index in [1.54, 1.807) is 18.2 Å². The highest BCUT2D eigenvalue weighted by Crippen LogP contribution is 2.33. The van der Waals surface area contributed by atoms with Crippen molar-refractivity contribution in [2.45, 2.75) is 0 Å². The second-order valence-electron chi connectivity index (χ2n) is 2.88. The maximum Gasteiger partial charge on any atom is 0.358 e. The Morgan fingerprint density at radius 2 is 2.12 bits per heavy atom. The van der Waals surface area contributed by atoms with E-state index in [9.17, 15) is 4.79 Å². The van der Waals surface area contributed by atoms with Crippen LogP contribution in [0, 0.1) is 0 Å². The molecule has 82 valence electrons. The summed E-state index contributed by atoms with van der Waals surface area (Å²) in [5.74, 6) is -1.13. The number of carboxylic acid groups (broad SMARTS) is 1. The quantitative estimate of drug-likeness (QED) is 0.914. The maximum atomic E-state index is 10.9. The largest absolute Gasteiger partial charge is 0.476 e. The minimum Gasteiger partial charge on any atom is -0.476 e. The topological polar surface area (TPSA) is 63.1 Å². The van der Waals surface area contributed by atoms with E-state index in [2.05, 4.69) is 9.59 Å². The maximum absolute atomic E-state index is 10.9. The van der Waals surface area contributed by atoms with E-state index in [1.807, 2.05) is 0 Å². The van der Waals surface area contributed by atoms with Crippen molar-refractivity contribution in [3.8, 4) is 10.4 Å². The van der Waals surface area contributed by atoms with Crippen LogP contribution in [0.3, 0.4) is 0 Å². The molecule has 0 fully saturated rings. The summed E-state index contributed by atoms with van der Waals surface area (Å²) < 4.78 is 3.60. The number of aromatic nitrogens is 2. The van der Waals surface area contributed by atoms with Gasteiger partial charge in [0.15, 0.2) is 5.69 Å². The van der Waals surface area contributed by atoms with Gasteiger partial charge in [0, 0.05) is 10.6 Å². The smallest absolute Gasteiger partial charge is 0.358 e. The summed E-state index contributed by atoms with van der Waals surface area (Å²) >= 11 is 12.7. The summed E-state index contributed by atoms with van der Waals surface area (Å²) in [6.45, 7) is 0. The second kappa shape index (κ2) is 4.37. The Kier molecular flexibility index (Phi) is 3.09. The number of hydrogen-bond acceptors (Lipinski definition) is 4. The zero-order valence-electron chi connectivity index (χ0n) is 7.65. The van der Waals surface area contributed by atoms with Crippen molar-refractivity contribution in [3.63, 3.8) is 0 Å². The van der Waals surface area contributed by atoms with E-state index >= 15 is 0 Å². The summed E-state index contributed by atoms with van der Waals surface area (Å²) in [4.78, 5) is 11.3. The number of benzene rings is 1. The van der Waals surface area contributed by atoms with Crippen LogP contribution in [0.25, 0.3) is 10.4 Å². The number of halogens is 2. The Bertz CT molecular complexity index is 556. The lowest BCUT2D eigenvalue weighted by Crippen LogP contribution is -1.98. The third-order valence-corrected chi connectivity index (χ3v) is 3.17. The standard InChI is InChI=1S/C9H4Cl2N2O2S/c10-4-1-2-5(6(11)3-4)8-7(9(14)15)12-13-16-8/h1-3H,(H,14,15). The third kappa shape index (κ3) is 2.02. The molecule has 0 aliphatic heterocycles. The molecule has 1 aromatic carbocycles. The van der Waals surface area contributed by atoms with E-state index in [1.165, 1.54) is 0 Å². The molecule has 0 saturated carbocycles. The van der Waals surface area contributed by atoms with Crippen molar-refractivity contribution in [1.29, 1.82) is 0 Å². The first-order chi connectivity index (χ1) is 7.59. The van der Waals surface area contributed by atoms with Crippen molar-refractivity contribution < 1.29 is 9.90 Å². The van der Waals surface area contributed by atoms with Gasteiger partial charge in [-0.3, -0.25) is 0 Å². The average Bonchev–Trinajstić information content (AvgIpc) is 2.66. The lowest BCUT2D eigenvalue weighted by Gasteiger charge is -2.01. The van der Waals surface area contributed by atoms with Gasteiger partial charge in [0.2, 0.25) is 0 Å². The van der Waals surface area contributed by atoms with Crippen molar-refractivity contribution >= 4 is 40.7 Å². The van der Waals surface area contributed by atoms with Crippen molar-refractivity contribution in [3.05, 3.63) is 33.9 Å². The molecule has 0 bridgehead atoms. The van der Waals surface area contributed by atoms with Gasteiger partial charge in [0.1, 0.15) is 0 Å². The molecule has 0 radical (unpaired) electrons. The van der Waals surface area contributed by atoms with Gasteiger partial charge >= 0.3 is 5.97 Å². The van der Waals surface area contributed by atoms with Crippen LogP contribution in [0.2, 0.25) is 10.0 Å². The van der Waals surface area contributed by atoms with Gasteiger partial charge in [-0.2, -0.15) is 0 Å². The van der Waals surface area contributed by atoms with Crippen LogP contribution >= 0.6 is 34.7 Å². The number of carboxylic acids is 1. The SMILES string of the molecule is O=C(O)c1nnsc1-c1ccc(Cl)cc1Cl. The minimum atomic E-state index is -1.13. The first-order valence-corrected chi connectivity index (χ1v) is 5.63. The second-order valence-corrected chi connectivity index (χ2v) is 4.48. The van der Waals surface area contributed by atoms with E-state index in [0.29, 0.717) is 20.5 Å². The summed E-state index contributed by atoms with van der Waals surface area (Å²) in [6.07, 6.45) is 0. The molecule has 0 spiro atoms. The van der Waals surface area contributed by atoms with E-state index in [0.717, 1.165) is 11.5 Å². The van der Waals surface area contributed by atoms with Crippen LogP contribution in [0.1, 0.15) is 10.5 Å². The summed E-state index contributed by atoms with van der Waals surface area (Å²) in [5, 5.41) is 13.3. The Labute approximate surface area is 105 Å². The molecule has 2 aromatic rings. The Hall–Kier alpha value is -1.17. The fourth-order valence-electron chi connectivity index (χ4n) is 1.18. The van der Waals surface area contributed by atoms with Crippen molar-refractivity contribution in [2.75, 3.05) is 0 Å². The average molecular weight is 275 g/mol. The van der Waals surface area contributed by atoms with Gasteiger partial charge in [-0.05, 0) is 23.7 Å². The summed E-state index contributed by atoms with van der Waals surface area (Å²) in [7, 11) is 0. The third-order valence-electron chi connectivity index (χ3n) is 1.87. The summed E-state index contributed by atoms with van der Waals surface area (Å²) in [6, 6.07) is 4.82.